The number of nitrogens with zero attached hydrogens (tertiary/aromatic N) is 1. The Morgan fingerprint density at radius 1 is 1.08 bits per heavy atom. The number of nitrogens with two attached hydrogens (primary N) is 1. The molecule has 0 aliphatic carbocycles. The molecule has 0 radical (unpaired) electrons. The summed E-state index contributed by atoms with van der Waals surface area (Å²) in [6.07, 6.45) is 0.854. The molecule has 0 bridgehead atoms. The van der Waals surface area contributed by atoms with Gasteiger partial charge in [-0.3, -0.25) is 0 Å². The molecule has 24 heavy (non-hydrogen) atoms. The summed E-state index contributed by atoms with van der Waals surface area (Å²) in [4.78, 5) is 4.46. The minimum absolute atomic E-state index is 0.216. The van der Waals surface area contributed by atoms with Gasteiger partial charge in [0.05, 0.1) is 11.4 Å². The highest BCUT2D eigenvalue weighted by molar-refractivity contribution is 7.89. The highest BCUT2D eigenvalue weighted by atomic mass is 32.2. The van der Waals surface area contributed by atoms with Crippen LogP contribution in [0.25, 0.3) is 0 Å². The average Bonchev–Trinajstić information content (AvgIpc) is 2.61. The Morgan fingerprint density at radius 3 is 2.50 bits per heavy atom. The van der Waals surface area contributed by atoms with E-state index in [0.29, 0.717) is 19.0 Å². The van der Waals surface area contributed by atoms with Gasteiger partial charge in [0.25, 0.3) is 0 Å². The van der Waals surface area contributed by atoms with Crippen molar-refractivity contribution in [3.8, 4) is 0 Å². The van der Waals surface area contributed by atoms with Gasteiger partial charge in [0, 0.05) is 6.54 Å². The lowest BCUT2D eigenvalue weighted by Gasteiger charge is -2.07. The second kappa shape index (κ2) is 8.47. The van der Waals surface area contributed by atoms with Crippen LogP contribution in [0.2, 0.25) is 0 Å². The summed E-state index contributed by atoms with van der Waals surface area (Å²) in [7, 11) is -2.07. The van der Waals surface area contributed by atoms with E-state index >= 15 is 0 Å². The molecule has 0 aliphatic rings. The molecule has 2 aromatic carbocycles. The van der Waals surface area contributed by atoms with Crippen LogP contribution in [0, 0.1) is 0 Å². The Labute approximate surface area is 142 Å². The highest BCUT2D eigenvalue weighted by Crippen LogP contribution is 2.11. The standard InChI is InChI=1S/C17H22N4O2S/c1-19-24(22,23)16-9-5-8-15(12-16)13-21-17(18)20-11-10-14-6-3-2-4-7-14/h2-9,12,19H,10-11,13H2,1H3,(H3,18,20,21). The van der Waals surface area contributed by atoms with Gasteiger partial charge in [-0.2, -0.15) is 0 Å². The molecule has 0 saturated carbocycles. The Kier molecular flexibility index (Phi) is 6.34. The molecule has 0 amide bonds. The predicted molar refractivity (Wildman–Crippen MR) is 96.2 cm³/mol. The summed E-state index contributed by atoms with van der Waals surface area (Å²) >= 11 is 0. The van der Waals surface area contributed by atoms with Crippen molar-refractivity contribution in [1.82, 2.24) is 10.0 Å². The number of rotatable bonds is 7. The van der Waals surface area contributed by atoms with E-state index in [1.165, 1.54) is 12.6 Å². The molecular weight excluding hydrogens is 324 g/mol. The topological polar surface area (TPSA) is 96.6 Å². The third kappa shape index (κ3) is 5.36. The Bertz CT molecular complexity index is 789. The molecule has 0 aromatic heterocycles. The maximum Gasteiger partial charge on any atom is 0.240 e. The molecule has 0 unspecified atom stereocenters. The van der Waals surface area contributed by atoms with E-state index < -0.39 is 10.0 Å². The number of guanidine groups is 1. The van der Waals surface area contributed by atoms with Crippen molar-refractivity contribution in [2.24, 2.45) is 10.7 Å². The smallest absolute Gasteiger partial charge is 0.240 e. The summed E-state index contributed by atoms with van der Waals surface area (Å²) in [5.74, 6) is 0.341. The van der Waals surface area contributed by atoms with Gasteiger partial charge in [-0.15, -0.1) is 0 Å². The minimum Gasteiger partial charge on any atom is -0.370 e. The maximum atomic E-state index is 11.8. The first-order valence-corrected chi connectivity index (χ1v) is 9.10. The number of hydrogen-bond donors (Lipinski definition) is 3. The van der Waals surface area contributed by atoms with Crippen LogP contribution < -0.4 is 15.8 Å². The third-order valence-corrected chi connectivity index (χ3v) is 4.88. The number of aliphatic imine (C=N–C) groups is 1. The molecule has 2 aromatic rings. The van der Waals surface area contributed by atoms with E-state index in [-0.39, 0.29) is 4.90 Å². The van der Waals surface area contributed by atoms with E-state index in [0.717, 1.165) is 12.0 Å². The molecule has 7 heteroatoms. The molecule has 0 fully saturated rings. The Morgan fingerprint density at radius 2 is 1.79 bits per heavy atom. The largest absolute Gasteiger partial charge is 0.370 e. The van der Waals surface area contributed by atoms with Gasteiger partial charge < -0.3 is 11.1 Å². The van der Waals surface area contributed by atoms with Gasteiger partial charge in [0.2, 0.25) is 10.0 Å². The van der Waals surface area contributed by atoms with Gasteiger partial charge in [0.1, 0.15) is 0 Å². The SMILES string of the molecule is CNS(=O)(=O)c1cccc(CN=C(N)NCCc2ccccc2)c1. The fraction of sp³-hybridized carbons (Fsp3) is 0.235. The van der Waals surface area contributed by atoms with Gasteiger partial charge >= 0.3 is 0 Å². The van der Waals surface area contributed by atoms with Crippen LogP contribution in [0.5, 0.6) is 0 Å². The van der Waals surface area contributed by atoms with Crippen molar-refractivity contribution in [3.05, 3.63) is 65.7 Å². The third-order valence-electron chi connectivity index (χ3n) is 3.47. The fourth-order valence-corrected chi connectivity index (χ4v) is 2.94. The second-order valence-corrected chi connectivity index (χ2v) is 7.11. The van der Waals surface area contributed by atoms with Crippen molar-refractivity contribution < 1.29 is 8.42 Å². The summed E-state index contributed by atoms with van der Waals surface area (Å²) in [5.41, 5.74) is 7.85. The normalized spacial score (nSPS) is 12.1. The molecule has 0 saturated heterocycles. The molecular formula is C17H22N4O2S. The number of benzene rings is 2. The predicted octanol–water partition coefficient (Wildman–Crippen LogP) is 1.24. The molecule has 2 rings (SSSR count). The molecule has 4 N–H and O–H groups in total. The van der Waals surface area contributed by atoms with Gasteiger partial charge in [-0.25, -0.2) is 18.1 Å². The average molecular weight is 346 g/mol. The van der Waals surface area contributed by atoms with Crippen LogP contribution in [0.4, 0.5) is 0 Å². The van der Waals surface area contributed by atoms with E-state index in [1.807, 2.05) is 24.3 Å². The van der Waals surface area contributed by atoms with Crippen LogP contribution in [0.15, 0.2) is 64.5 Å². The zero-order chi connectivity index (χ0) is 17.4. The van der Waals surface area contributed by atoms with Crippen molar-refractivity contribution in [2.75, 3.05) is 13.6 Å². The van der Waals surface area contributed by atoms with Gasteiger partial charge in [-0.05, 0) is 36.7 Å². The number of hydrogen-bond acceptors (Lipinski definition) is 3. The number of nitrogens with one attached hydrogen (secondary N) is 2. The monoisotopic (exact) mass is 346 g/mol. The van der Waals surface area contributed by atoms with Gasteiger partial charge in [-0.1, -0.05) is 42.5 Å². The summed E-state index contributed by atoms with van der Waals surface area (Å²) in [6.45, 7) is 1.00. The van der Waals surface area contributed by atoms with Crippen LogP contribution in [0.3, 0.4) is 0 Å². The van der Waals surface area contributed by atoms with E-state index in [9.17, 15) is 8.42 Å². The zero-order valence-corrected chi connectivity index (χ0v) is 14.4. The minimum atomic E-state index is -3.45. The quantitative estimate of drug-likeness (QED) is 0.519. The van der Waals surface area contributed by atoms with Crippen LogP contribution >= 0.6 is 0 Å². The van der Waals surface area contributed by atoms with Crippen molar-refractivity contribution in [1.29, 1.82) is 0 Å². The van der Waals surface area contributed by atoms with Gasteiger partial charge in [0.15, 0.2) is 5.96 Å². The fourth-order valence-electron chi connectivity index (χ4n) is 2.14. The lowest BCUT2D eigenvalue weighted by Crippen LogP contribution is -2.33. The first-order valence-electron chi connectivity index (χ1n) is 7.61. The van der Waals surface area contributed by atoms with Crippen molar-refractivity contribution in [3.63, 3.8) is 0 Å². The van der Waals surface area contributed by atoms with E-state index in [4.69, 9.17) is 5.73 Å². The Hall–Kier alpha value is -2.38. The molecule has 0 heterocycles. The van der Waals surface area contributed by atoms with E-state index in [2.05, 4.69) is 27.2 Å². The summed E-state index contributed by atoms with van der Waals surface area (Å²) < 4.78 is 25.9. The lowest BCUT2D eigenvalue weighted by atomic mass is 10.1. The highest BCUT2D eigenvalue weighted by Gasteiger charge is 2.10. The first kappa shape index (κ1) is 18.0. The van der Waals surface area contributed by atoms with Crippen molar-refractivity contribution >= 4 is 16.0 Å². The summed E-state index contributed by atoms with van der Waals surface area (Å²) in [6, 6.07) is 16.7. The van der Waals surface area contributed by atoms with Crippen LogP contribution in [-0.2, 0) is 23.0 Å². The van der Waals surface area contributed by atoms with Crippen LogP contribution in [-0.4, -0.2) is 28.0 Å². The molecule has 6 nitrogen and oxygen atoms in total. The van der Waals surface area contributed by atoms with Crippen LogP contribution in [0.1, 0.15) is 11.1 Å². The summed E-state index contributed by atoms with van der Waals surface area (Å²) in [5, 5.41) is 3.05. The van der Waals surface area contributed by atoms with E-state index in [1.54, 1.807) is 18.2 Å². The molecule has 0 spiro atoms. The lowest BCUT2D eigenvalue weighted by molar-refractivity contribution is 0.588. The molecule has 0 aliphatic heterocycles. The maximum absolute atomic E-state index is 11.8. The van der Waals surface area contributed by atoms with Crippen molar-refractivity contribution in [2.45, 2.75) is 17.9 Å². The molecule has 0 atom stereocenters. The number of sulfonamides is 1. The second-order valence-electron chi connectivity index (χ2n) is 5.22. The molecule has 128 valence electrons. The zero-order valence-electron chi connectivity index (χ0n) is 13.6. The Balaban J connectivity index is 1.89. The first-order chi connectivity index (χ1) is 11.5.